The molecule has 2 aromatic carbocycles. The van der Waals surface area contributed by atoms with Crippen LogP contribution in [0.4, 0.5) is 0 Å². The van der Waals surface area contributed by atoms with Gasteiger partial charge in [0.15, 0.2) is 0 Å². The van der Waals surface area contributed by atoms with E-state index in [0.717, 1.165) is 24.8 Å². The van der Waals surface area contributed by atoms with Crippen LogP contribution in [0.25, 0.3) is 0 Å². The normalized spacial score (nSPS) is 21.5. The maximum Gasteiger partial charge on any atom is 0.0681 e. The van der Waals surface area contributed by atoms with E-state index in [0.29, 0.717) is 5.92 Å². The van der Waals surface area contributed by atoms with Crippen molar-refractivity contribution in [2.45, 2.75) is 37.8 Å². The number of aliphatic hydroxyl groups is 1. The summed E-state index contributed by atoms with van der Waals surface area (Å²) in [5.41, 5.74) is 11.4. The molecule has 0 radical (unpaired) electrons. The summed E-state index contributed by atoms with van der Waals surface area (Å²) in [6, 6.07) is 17.1. The van der Waals surface area contributed by atoms with E-state index in [4.69, 9.17) is 5.73 Å². The highest BCUT2D eigenvalue weighted by Gasteiger charge is 2.27. The van der Waals surface area contributed by atoms with Gasteiger partial charge in [0.2, 0.25) is 0 Å². The fraction of sp³-hybridized carbons (Fsp3) is 0.333. The molecule has 2 aromatic rings. The molecule has 0 amide bonds. The largest absolute Gasteiger partial charge is 0.392 e. The van der Waals surface area contributed by atoms with Gasteiger partial charge in [-0.1, -0.05) is 48.5 Å². The van der Waals surface area contributed by atoms with Crippen molar-refractivity contribution in [3.05, 3.63) is 70.8 Å². The summed E-state index contributed by atoms with van der Waals surface area (Å²) in [6.07, 6.45) is 3.07. The molecule has 0 aliphatic heterocycles. The average Bonchev–Trinajstić information content (AvgIpc) is 2.51. The lowest BCUT2D eigenvalue weighted by Gasteiger charge is -2.32. The summed E-state index contributed by atoms with van der Waals surface area (Å²) < 4.78 is 0. The number of aryl methyl sites for hydroxylation is 1. The van der Waals surface area contributed by atoms with Crippen LogP contribution in [0.3, 0.4) is 0 Å². The van der Waals surface area contributed by atoms with Gasteiger partial charge in [-0.2, -0.15) is 0 Å². The molecule has 2 atom stereocenters. The van der Waals surface area contributed by atoms with Crippen molar-refractivity contribution in [2.75, 3.05) is 0 Å². The van der Waals surface area contributed by atoms with E-state index in [9.17, 15) is 5.11 Å². The molecule has 1 aliphatic rings. The Morgan fingerprint density at radius 1 is 1.05 bits per heavy atom. The molecule has 3 N–H and O–H groups in total. The molecule has 0 saturated carbocycles. The van der Waals surface area contributed by atoms with E-state index in [1.54, 1.807) is 0 Å². The summed E-state index contributed by atoms with van der Waals surface area (Å²) in [6.45, 7) is 0.0978. The van der Waals surface area contributed by atoms with E-state index in [1.807, 2.05) is 12.1 Å². The molecule has 104 valence electrons. The standard InChI is InChI=1S/C18H21NO/c19-18-9-8-15-7-6-14(12-20)11-16(15)17(18)10-13-4-2-1-3-5-13/h1-7,11,17-18,20H,8-10,12,19H2/t17-,18+/m1/s1. The lowest BCUT2D eigenvalue weighted by molar-refractivity contribution is 0.281. The smallest absolute Gasteiger partial charge is 0.0681 e. The van der Waals surface area contributed by atoms with E-state index < -0.39 is 0 Å². The van der Waals surface area contributed by atoms with Crippen LogP contribution in [-0.4, -0.2) is 11.1 Å². The van der Waals surface area contributed by atoms with Crippen molar-refractivity contribution < 1.29 is 5.11 Å². The van der Waals surface area contributed by atoms with Crippen molar-refractivity contribution in [1.82, 2.24) is 0 Å². The zero-order valence-electron chi connectivity index (χ0n) is 11.6. The molecule has 0 unspecified atom stereocenters. The zero-order chi connectivity index (χ0) is 13.9. The summed E-state index contributed by atoms with van der Waals surface area (Å²) in [5, 5.41) is 9.35. The number of hydrogen-bond donors (Lipinski definition) is 2. The summed E-state index contributed by atoms with van der Waals surface area (Å²) in [7, 11) is 0. The van der Waals surface area contributed by atoms with Gasteiger partial charge in [0.25, 0.3) is 0 Å². The Morgan fingerprint density at radius 2 is 1.85 bits per heavy atom. The molecule has 0 saturated heterocycles. The first kappa shape index (κ1) is 13.3. The molecule has 0 spiro atoms. The first-order valence-electron chi connectivity index (χ1n) is 7.30. The van der Waals surface area contributed by atoms with E-state index in [2.05, 4.69) is 36.4 Å². The molecule has 0 fully saturated rings. The highest BCUT2D eigenvalue weighted by atomic mass is 16.3. The van der Waals surface area contributed by atoms with Crippen molar-refractivity contribution in [3.63, 3.8) is 0 Å². The van der Waals surface area contributed by atoms with Gasteiger partial charge in [-0.05, 0) is 41.5 Å². The number of rotatable bonds is 3. The highest BCUT2D eigenvalue weighted by Crippen LogP contribution is 2.34. The quantitative estimate of drug-likeness (QED) is 0.898. The van der Waals surface area contributed by atoms with Crippen LogP contribution in [-0.2, 0) is 19.4 Å². The van der Waals surface area contributed by atoms with Gasteiger partial charge >= 0.3 is 0 Å². The van der Waals surface area contributed by atoms with E-state index >= 15 is 0 Å². The fourth-order valence-electron chi connectivity index (χ4n) is 3.20. The maximum atomic E-state index is 9.35. The Hall–Kier alpha value is -1.64. The number of fused-ring (bicyclic) bond motifs is 1. The highest BCUT2D eigenvalue weighted by molar-refractivity contribution is 5.39. The van der Waals surface area contributed by atoms with Gasteiger partial charge in [-0.15, -0.1) is 0 Å². The third-order valence-corrected chi connectivity index (χ3v) is 4.35. The number of hydrogen-bond acceptors (Lipinski definition) is 2. The maximum absolute atomic E-state index is 9.35. The van der Waals surface area contributed by atoms with Gasteiger partial charge in [-0.3, -0.25) is 0 Å². The predicted octanol–water partition coefficient (Wildman–Crippen LogP) is 2.78. The first-order valence-corrected chi connectivity index (χ1v) is 7.30. The summed E-state index contributed by atoms with van der Waals surface area (Å²) >= 11 is 0. The second-order valence-electron chi connectivity index (χ2n) is 5.69. The molecular formula is C18H21NO. The fourth-order valence-corrected chi connectivity index (χ4v) is 3.20. The molecule has 2 heteroatoms. The summed E-state index contributed by atoms with van der Waals surface area (Å²) in [4.78, 5) is 0. The Balaban J connectivity index is 1.94. The monoisotopic (exact) mass is 267 g/mol. The minimum absolute atomic E-state index is 0.0978. The Kier molecular flexibility index (Phi) is 3.86. The summed E-state index contributed by atoms with van der Waals surface area (Å²) in [5.74, 6) is 0.354. The van der Waals surface area contributed by atoms with Crippen LogP contribution < -0.4 is 5.73 Å². The van der Waals surface area contributed by atoms with Crippen LogP contribution in [0.2, 0.25) is 0 Å². The third kappa shape index (κ3) is 2.62. The van der Waals surface area contributed by atoms with E-state index in [1.165, 1.54) is 16.7 Å². The Labute approximate surface area is 120 Å². The number of benzene rings is 2. The predicted molar refractivity (Wildman–Crippen MR) is 81.5 cm³/mol. The molecule has 0 bridgehead atoms. The molecule has 1 aliphatic carbocycles. The second-order valence-corrected chi connectivity index (χ2v) is 5.69. The molecule has 20 heavy (non-hydrogen) atoms. The third-order valence-electron chi connectivity index (χ3n) is 4.35. The number of aliphatic hydroxyl groups excluding tert-OH is 1. The van der Waals surface area contributed by atoms with Crippen LogP contribution in [0, 0.1) is 0 Å². The van der Waals surface area contributed by atoms with Gasteiger partial charge in [0.05, 0.1) is 6.61 Å². The van der Waals surface area contributed by atoms with Crippen molar-refractivity contribution in [3.8, 4) is 0 Å². The van der Waals surface area contributed by atoms with Crippen molar-refractivity contribution in [1.29, 1.82) is 0 Å². The van der Waals surface area contributed by atoms with E-state index in [-0.39, 0.29) is 12.6 Å². The molecular weight excluding hydrogens is 246 g/mol. The van der Waals surface area contributed by atoms with Gasteiger partial charge in [0, 0.05) is 12.0 Å². The lowest BCUT2D eigenvalue weighted by Crippen LogP contribution is -2.34. The SMILES string of the molecule is N[C@H]1CCc2ccc(CO)cc2[C@H]1Cc1ccccc1. The first-order chi connectivity index (χ1) is 9.78. The minimum Gasteiger partial charge on any atom is -0.392 e. The number of nitrogens with two attached hydrogens (primary N) is 1. The molecule has 3 rings (SSSR count). The Bertz CT molecular complexity index is 579. The zero-order valence-corrected chi connectivity index (χ0v) is 11.6. The van der Waals surface area contributed by atoms with Gasteiger partial charge < -0.3 is 10.8 Å². The average molecular weight is 267 g/mol. The van der Waals surface area contributed by atoms with Crippen molar-refractivity contribution >= 4 is 0 Å². The molecule has 0 heterocycles. The molecule has 2 nitrogen and oxygen atoms in total. The van der Waals surface area contributed by atoms with Crippen LogP contribution in [0.5, 0.6) is 0 Å². The van der Waals surface area contributed by atoms with Crippen LogP contribution in [0.1, 0.15) is 34.6 Å². The topological polar surface area (TPSA) is 46.2 Å². The van der Waals surface area contributed by atoms with Crippen LogP contribution >= 0.6 is 0 Å². The Morgan fingerprint density at radius 3 is 2.60 bits per heavy atom. The second kappa shape index (κ2) is 5.78. The molecule has 0 aromatic heterocycles. The van der Waals surface area contributed by atoms with Crippen molar-refractivity contribution in [2.24, 2.45) is 5.73 Å². The lowest BCUT2D eigenvalue weighted by atomic mass is 9.76. The van der Waals surface area contributed by atoms with Gasteiger partial charge in [-0.25, -0.2) is 0 Å². The van der Waals surface area contributed by atoms with Gasteiger partial charge in [0.1, 0.15) is 0 Å². The van der Waals surface area contributed by atoms with Crippen LogP contribution in [0.15, 0.2) is 48.5 Å². The minimum atomic E-state index is 0.0978.